The average Bonchev–Trinajstić information content (AvgIpc) is 3.24. The van der Waals surface area contributed by atoms with Gasteiger partial charge in [0, 0.05) is 12.6 Å². The van der Waals surface area contributed by atoms with E-state index in [0.717, 1.165) is 50.5 Å². The van der Waals surface area contributed by atoms with Crippen LogP contribution in [0.5, 0.6) is 0 Å². The lowest BCUT2D eigenvalue weighted by Crippen LogP contribution is -2.58. The van der Waals surface area contributed by atoms with Crippen LogP contribution in [-0.2, 0) is 9.59 Å². The van der Waals surface area contributed by atoms with Gasteiger partial charge < -0.3 is 9.80 Å². The molecule has 1 heterocycles. The summed E-state index contributed by atoms with van der Waals surface area (Å²) in [5, 5.41) is 0. The van der Waals surface area contributed by atoms with Crippen molar-refractivity contribution in [3.8, 4) is 0 Å². The first-order chi connectivity index (χ1) is 13.6. The van der Waals surface area contributed by atoms with Crippen molar-refractivity contribution in [1.29, 1.82) is 0 Å². The fourth-order valence-electron chi connectivity index (χ4n) is 4.99. The van der Waals surface area contributed by atoms with E-state index < -0.39 is 6.04 Å². The number of hydrogen-bond donors (Lipinski definition) is 0. The van der Waals surface area contributed by atoms with Gasteiger partial charge in [-0.25, -0.2) is 0 Å². The third-order valence-corrected chi connectivity index (χ3v) is 6.67. The van der Waals surface area contributed by atoms with Crippen LogP contribution in [-0.4, -0.2) is 40.7 Å². The third-order valence-electron chi connectivity index (χ3n) is 6.67. The number of amides is 2. The molecule has 3 aliphatic rings. The summed E-state index contributed by atoms with van der Waals surface area (Å²) in [6, 6.07) is 7.92. The average molecular weight is 381 g/mol. The zero-order chi connectivity index (χ0) is 19.5. The maximum Gasteiger partial charge on any atom is 0.250 e. The monoisotopic (exact) mass is 380 g/mol. The number of aryl methyl sites for hydroxylation is 1. The molecule has 4 rings (SSSR count). The largest absolute Gasteiger partial charge is 0.328 e. The van der Waals surface area contributed by atoms with E-state index in [9.17, 15) is 9.59 Å². The minimum Gasteiger partial charge on any atom is -0.328 e. The number of benzene rings is 1. The molecular weight excluding hydrogens is 348 g/mol. The van der Waals surface area contributed by atoms with E-state index in [0.29, 0.717) is 6.54 Å². The van der Waals surface area contributed by atoms with Crippen molar-refractivity contribution < 1.29 is 9.59 Å². The van der Waals surface area contributed by atoms with Crippen LogP contribution in [0.3, 0.4) is 0 Å². The van der Waals surface area contributed by atoms with Crippen molar-refractivity contribution in [3.05, 3.63) is 47.0 Å². The number of allylic oxidation sites excluding steroid dienone is 1. The molecule has 4 nitrogen and oxygen atoms in total. The minimum absolute atomic E-state index is 0.105. The molecule has 0 unspecified atom stereocenters. The number of nitrogens with zero attached hydrogens (tertiary/aromatic N) is 2. The zero-order valence-corrected chi connectivity index (χ0v) is 17.0. The summed E-state index contributed by atoms with van der Waals surface area (Å²) < 4.78 is 0. The van der Waals surface area contributed by atoms with Gasteiger partial charge in [-0.3, -0.25) is 9.59 Å². The van der Waals surface area contributed by atoms with Crippen LogP contribution in [0.15, 0.2) is 35.9 Å². The van der Waals surface area contributed by atoms with Gasteiger partial charge in [0.05, 0.1) is 0 Å². The molecule has 1 saturated heterocycles. The van der Waals surface area contributed by atoms with Crippen molar-refractivity contribution in [1.82, 2.24) is 9.80 Å². The molecule has 1 aliphatic heterocycles. The van der Waals surface area contributed by atoms with E-state index in [1.165, 1.54) is 24.0 Å². The van der Waals surface area contributed by atoms with Crippen LogP contribution in [0.2, 0.25) is 0 Å². The number of hydrogen-bond acceptors (Lipinski definition) is 2. The Morgan fingerprint density at radius 1 is 1.00 bits per heavy atom. The molecule has 0 bridgehead atoms. The van der Waals surface area contributed by atoms with Gasteiger partial charge in [-0.05, 0) is 57.4 Å². The molecule has 1 aromatic rings. The maximum atomic E-state index is 13.5. The minimum atomic E-state index is -0.466. The summed E-state index contributed by atoms with van der Waals surface area (Å²) in [5.41, 5.74) is 3.57. The summed E-state index contributed by atoms with van der Waals surface area (Å²) in [6.07, 6.45) is 12.4. The number of piperazine rings is 1. The second-order valence-corrected chi connectivity index (χ2v) is 8.66. The molecule has 0 N–H and O–H groups in total. The molecule has 2 aliphatic carbocycles. The highest BCUT2D eigenvalue weighted by Gasteiger charge is 2.43. The fraction of sp³-hybridized carbons (Fsp3) is 0.583. The van der Waals surface area contributed by atoms with Gasteiger partial charge in [0.25, 0.3) is 5.91 Å². The molecule has 150 valence electrons. The van der Waals surface area contributed by atoms with Gasteiger partial charge in [-0.15, -0.1) is 0 Å². The molecule has 1 atom stereocenters. The van der Waals surface area contributed by atoms with Crippen LogP contribution in [0.1, 0.15) is 75.0 Å². The normalized spacial score (nSPS) is 24.0. The van der Waals surface area contributed by atoms with Gasteiger partial charge in [0.15, 0.2) is 0 Å². The third kappa shape index (κ3) is 4.01. The molecule has 0 radical (unpaired) electrons. The first-order valence-corrected chi connectivity index (χ1v) is 11.0. The lowest BCUT2D eigenvalue weighted by Gasteiger charge is -2.43. The van der Waals surface area contributed by atoms with E-state index in [-0.39, 0.29) is 24.4 Å². The summed E-state index contributed by atoms with van der Waals surface area (Å²) in [5.74, 6) is 0.224. The second-order valence-electron chi connectivity index (χ2n) is 8.66. The highest BCUT2D eigenvalue weighted by Crippen LogP contribution is 2.33. The molecule has 0 spiro atoms. The van der Waals surface area contributed by atoms with Crippen LogP contribution in [0, 0.1) is 6.92 Å². The van der Waals surface area contributed by atoms with E-state index in [1.807, 2.05) is 34.1 Å². The van der Waals surface area contributed by atoms with Crippen LogP contribution in [0.4, 0.5) is 0 Å². The zero-order valence-electron chi connectivity index (χ0n) is 17.0. The Hall–Kier alpha value is -2.10. The van der Waals surface area contributed by atoms with Crippen LogP contribution in [0.25, 0.3) is 0 Å². The van der Waals surface area contributed by atoms with Crippen molar-refractivity contribution in [2.24, 2.45) is 0 Å². The smallest absolute Gasteiger partial charge is 0.250 e. The number of carbonyl (C=O) groups is 2. The molecular formula is C24H32N2O2. The molecule has 2 fully saturated rings. The van der Waals surface area contributed by atoms with Gasteiger partial charge >= 0.3 is 0 Å². The van der Waals surface area contributed by atoms with Crippen molar-refractivity contribution >= 4 is 11.8 Å². The highest BCUT2D eigenvalue weighted by atomic mass is 16.2. The van der Waals surface area contributed by atoms with Gasteiger partial charge in [0.1, 0.15) is 12.6 Å². The predicted molar refractivity (Wildman–Crippen MR) is 111 cm³/mol. The SMILES string of the molecule is Cc1ccc([C@H]2C(=O)N(C3CCCC3)CC(=O)N2CCC2=CCCCC2)cc1. The van der Waals surface area contributed by atoms with E-state index in [4.69, 9.17) is 0 Å². The first kappa shape index (κ1) is 19.2. The maximum absolute atomic E-state index is 13.5. The topological polar surface area (TPSA) is 40.6 Å². The predicted octanol–water partition coefficient (Wildman–Crippen LogP) is 4.54. The van der Waals surface area contributed by atoms with E-state index in [2.05, 4.69) is 13.0 Å². The molecule has 0 aromatic heterocycles. The number of carbonyl (C=O) groups excluding carboxylic acids is 2. The quantitative estimate of drug-likeness (QED) is 0.704. The first-order valence-electron chi connectivity index (χ1n) is 11.0. The van der Waals surface area contributed by atoms with Crippen molar-refractivity contribution in [2.75, 3.05) is 13.1 Å². The second kappa shape index (κ2) is 8.50. The van der Waals surface area contributed by atoms with E-state index >= 15 is 0 Å². The molecule has 28 heavy (non-hydrogen) atoms. The van der Waals surface area contributed by atoms with Crippen molar-refractivity contribution in [2.45, 2.75) is 76.8 Å². The van der Waals surface area contributed by atoms with E-state index in [1.54, 1.807) is 0 Å². The standard InChI is InChI=1S/C24H32N2O2/c1-18-11-13-20(14-12-18)23-24(28)26(21-9-5-6-10-21)17-22(27)25(23)16-15-19-7-3-2-4-8-19/h7,11-14,21,23H,2-6,8-10,15-17H2,1H3/t23-/m0/s1. The van der Waals surface area contributed by atoms with Gasteiger partial charge in [-0.2, -0.15) is 0 Å². The Morgan fingerprint density at radius 2 is 1.75 bits per heavy atom. The Balaban J connectivity index is 1.58. The Morgan fingerprint density at radius 3 is 2.43 bits per heavy atom. The van der Waals surface area contributed by atoms with Crippen LogP contribution < -0.4 is 0 Å². The summed E-state index contributed by atoms with van der Waals surface area (Å²) in [6.45, 7) is 2.95. The highest BCUT2D eigenvalue weighted by molar-refractivity contribution is 5.95. The summed E-state index contributed by atoms with van der Waals surface area (Å²) in [7, 11) is 0. The molecule has 1 saturated carbocycles. The van der Waals surface area contributed by atoms with Gasteiger partial charge in [-0.1, -0.05) is 54.3 Å². The van der Waals surface area contributed by atoms with Crippen LogP contribution >= 0.6 is 0 Å². The Kier molecular flexibility index (Phi) is 5.84. The lowest BCUT2D eigenvalue weighted by molar-refractivity contribution is -0.158. The fourth-order valence-corrected chi connectivity index (χ4v) is 4.99. The summed E-state index contributed by atoms with van der Waals surface area (Å²) in [4.78, 5) is 30.4. The lowest BCUT2D eigenvalue weighted by atomic mass is 9.95. The Labute approximate surface area is 168 Å². The molecule has 1 aromatic carbocycles. The van der Waals surface area contributed by atoms with Crippen molar-refractivity contribution in [3.63, 3.8) is 0 Å². The number of rotatable bonds is 5. The Bertz CT molecular complexity index is 746. The molecule has 4 heteroatoms. The van der Waals surface area contributed by atoms with Gasteiger partial charge in [0.2, 0.25) is 5.91 Å². The summed E-state index contributed by atoms with van der Waals surface area (Å²) >= 11 is 0. The molecule has 2 amide bonds.